The number of anilines is 1. The van der Waals surface area contributed by atoms with Gasteiger partial charge >= 0.3 is 0 Å². The van der Waals surface area contributed by atoms with E-state index in [1.165, 1.54) is 11.3 Å². The normalized spacial score (nSPS) is 11.5. The zero-order valence-corrected chi connectivity index (χ0v) is 10.2. The van der Waals surface area contributed by atoms with Gasteiger partial charge in [-0.2, -0.15) is 0 Å². The molecule has 7 heteroatoms. The fourth-order valence-electron chi connectivity index (χ4n) is 1.05. The quantitative estimate of drug-likeness (QED) is 0.704. The van der Waals surface area contributed by atoms with Crippen molar-refractivity contribution in [3.05, 3.63) is 11.6 Å². The van der Waals surface area contributed by atoms with Gasteiger partial charge in [0.2, 0.25) is 10.0 Å². The Kier molecular flexibility index (Phi) is 5.00. The van der Waals surface area contributed by atoms with Crippen molar-refractivity contribution in [2.75, 3.05) is 24.1 Å². The summed E-state index contributed by atoms with van der Waals surface area (Å²) < 4.78 is 25.4. The van der Waals surface area contributed by atoms with Crippen LogP contribution in [-0.4, -0.2) is 32.7 Å². The Morgan fingerprint density at radius 3 is 2.87 bits per heavy atom. The molecule has 1 aromatic heterocycles. The van der Waals surface area contributed by atoms with Crippen molar-refractivity contribution in [1.29, 1.82) is 0 Å². The molecule has 0 aliphatic carbocycles. The molecule has 2 N–H and O–H groups in total. The van der Waals surface area contributed by atoms with Gasteiger partial charge in [-0.15, -0.1) is 11.3 Å². The van der Waals surface area contributed by atoms with E-state index < -0.39 is 10.0 Å². The van der Waals surface area contributed by atoms with Crippen molar-refractivity contribution in [3.8, 4) is 0 Å². The summed E-state index contributed by atoms with van der Waals surface area (Å²) in [5, 5.41) is 5.14. The Labute approximate surface area is 94.0 Å². The first-order chi connectivity index (χ1) is 7.14. The van der Waals surface area contributed by atoms with Gasteiger partial charge in [0.25, 0.3) is 0 Å². The van der Waals surface area contributed by atoms with Crippen LogP contribution in [0.25, 0.3) is 0 Å². The van der Waals surface area contributed by atoms with Crippen molar-refractivity contribution in [2.24, 2.45) is 0 Å². The summed E-state index contributed by atoms with van der Waals surface area (Å²) in [6, 6.07) is 0. The highest BCUT2D eigenvalue weighted by atomic mass is 32.2. The van der Waals surface area contributed by atoms with Crippen LogP contribution < -0.4 is 10.0 Å². The molecule has 0 aliphatic rings. The molecule has 0 saturated carbocycles. The highest BCUT2D eigenvalue weighted by molar-refractivity contribution is 7.92. The maximum absolute atomic E-state index is 11.5. The van der Waals surface area contributed by atoms with Gasteiger partial charge in [0.15, 0.2) is 5.13 Å². The molecule has 1 rings (SSSR count). The lowest BCUT2D eigenvalue weighted by atomic mass is 10.3. The van der Waals surface area contributed by atoms with E-state index in [4.69, 9.17) is 0 Å². The molecule has 0 atom stereocenters. The van der Waals surface area contributed by atoms with Gasteiger partial charge in [-0.25, -0.2) is 13.4 Å². The maximum atomic E-state index is 11.5. The van der Waals surface area contributed by atoms with Crippen LogP contribution in [0.15, 0.2) is 11.6 Å². The van der Waals surface area contributed by atoms with Crippen molar-refractivity contribution in [1.82, 2.24) is 10.3 Å². The van der Waals surface area contributed by atoms with E-state index in [-0.39, 0.29) is 5.75 Å². The first kappa shape index (κ1) is 12.4. The molecular formula is C8H15N3O2S2. The van der Waals surface area contributed by atoms with Crippen LogP contribution in [0.3, 0.4) is 0 Å². The number of thiazole rings is 1. The van der Waals surface area contributed by atoms with Crippen LogP contribution >= 0.6 is 11.3 Å². The Balaban J connectivity index is 2.33. The minimum atomic E-state index is -3.21. The van der Waals surface area contributed by atoms with E-state index in [1.807, 2.05) is 7.05 Å². The molecule has 0 radical (unpaired) electrons. The third-order valence-electron chi connectivity index (χ3n) is 1.76. The Hall–Kier alpha value is -0.660. The fraction of sp³-hybridized carbons (Fsp3) is 0.625. The van der Waals surface area contributed by atoms with Crippen LogP contribution in [0.2, 0.25) is 0 Å². The molecule has 5 nitrogen and oxygen atoms in total. The molecule has 0 aliphatic heterocycles. The molecule has 0 bridgehead atoms. The van der Waals surface area contributed by atoms with E-state index >= 15 is 0 Å². The summed E-state index contributed by atoms with van der Waals surface area (Å²) in [6.45, 7) is 0.840. The van der Waals surface area contributed by atoms with Gasteiger partial charge < -0.3 is 5.32 Å². The summed E-state index contributed by atoms with van der Waals surface area (Å²) in [5.74, 6) is 0.147. The van der Waals surface area contributed by atoms with Gasteiger partial charge in [-0.1, -0.05) is 0 Å². The number of nitrogens with zero attached hydrogens (tertiary/aromatic N) is 1. The third-order valence-corrected chi connectivity index (χ3v) is 3.91. The lowest BCUT2D eigenvalue weighted by molar-refractivity contribution is 0.595. The highest BCUT2D eigenvalue weighted by Gasteiger charge is 2.10. The zero-order valence-electron chi connectivity index (χ0n) is 8.56. The molecule has 0 saturated heterocycles. The van der Waals surface area contributed by atoms with Crippen molar-refractivity contribution >= 4 is 26.5 Å². The number of sulfonamides is 1. The van der Waals surface area contributed by atoms with Gasteiger partial charge in [0.05, 0.1) is 5.75 Å². The topological polar surface area (TPSA) is 71.1 Å². The van der Waals surface area contributed by atoms with E-state index in [9.17, 15) is 8.42 Å². The lowest BCUT2D eigenvalue weighted by Crippen LogP contribution is -2.17. The average Bonchev–Trinajstić information content (AvgIpc) is 2.64. The summed E-state index contributed by atoms with van der Waals surface area (Å²) in [7, 11) is -1.37. The summed E-state index contributed by atoms with van der Waals surface area (Å²) in [6.07, 6.45) is 3.08. The van der Waals surface area contributed by atoms with E-state index in [0.29, 0.717) is 11.6 Å². The molecule has 86 valence electrons. The largest absolute Gasteiger partial charge is 0.320 e. The molecule has 0 aromatic carbocycles. The summed E-state index contributed by atoms with van der Waals surface area (Å²) in [4.78, 5) is 3.86. The molecule has 0 spiro atoms. The molecule has 0 fully saturated rings. The minimum absolute atomic E-state index is 0.147. The highest BCUT2D eigenvalue weighted by Crippen LogP contribution is 2.12. The van der Waals surface area contributed by atoms with E-state index in [1.54, 1.807) is 11.6 Å². The second kappa shape index (κ2) is 6.04. The average molecular weight is 249 g/mol. The number of unbranched alkanes of at least 4 members (excludes halogenated alkanes) is 1. The van der Waals surface area contributed by atoms with Crippen LogP contribution in [0.5, 0.6) is 0 Å². The first-order valence-corrected chi connectivity index (χ1v) is 7.22. The van der Waals surface area contributed by atoms with Gasteiger partial charge in [0.1, 0.15) is 0 Å². The van der Waals surface area contributed by atoms with Gasteiger partial charge in [-0.3, -0.25) is 4.72 Å². The summed E-state index contributed by atoms with van der Waals surface area (Å²) >= 11 is 1.28. The molecular weight excluding hydrogens is 234 g/mol. The number of nitrogens with one attached hydrogen (secondary N) is 2. The second-order valence-electron chi connectivity index (χ2n) is 3.07. The standard InChI is InChI=1S/C8H15N3O2S2/c1-9-4-2-3-7-15(12,13)11-8-10-5-6-14-8/h5-6,9H,2-4,7H2,1H3,(H,10,11). The Morgan fingerprint density at radius 1 is 1.47 bits per heavy atom. The van der Waals surface area contributed by atoms with E-state index in [2.05, 4.69) is 15.0 Å². The first-order valence-electron chi connectivity index (χ1n) is 4.68. The number of aromatic nitrogens is 1. The SMILES string of the molecule is CNCCCCS(=O)(=O)Nc1nccs1. The fourth-order valence-corrected chi connectivity index (χ4v) is 3.00. The van der Waals surface area contributed by atoms with Gasteiger partial charge in [-0.05, 0) is 26.4 Å². The number of hydrogen-bond donors (Lipinski definition) is 2. The smallest absolute Gasteiger partial charge is 0.234 e. The molecule has 1 aromatic rings. The molecule has 1 heterocycles. The Morgan fingerprint density at radius 2 is 2.27 bits per heavy atom. The summed E-state index contributed by atoms with van der Waals surface area (Å²) in [5.41, 5.74) is 0. The molecule has 15 heavy (non-hydrogen) atoms. The molecule has 0 amide bonds. The number of rotatable bonds is 7. The van der Waals surface area contributed by atoms with Crippen LogP contribution in [0.1, 0.15) is 12.8 Å². The minimum Gasteiger partial charge on any atom is -0.320 e. The van der Waals surface area contributed by atoms with Crippen molar-refractivity contribution in [3.63, 3.8) is 0 Å². The lowest BCUT2D eigenvalue weighted by Gasteiger charge is -2.04. The predicted molar refractivity (Wildman–Crippen MR) is 62.7 cm³/mol. The van der Waals surface area contributed by atoms with Crippen LogP contribution in [0.4, 0.5) is 5.13 Å². The van der Waals surface area contributed by atoms with Crippen LogP contribution in [-0.2, 0) is 10.0 Å². The number of hydrogen-bond acceptors (Lipinski definition) is 5. The molecule has 0 unspecified atom stereocenters. The second-order valence-corrected chi connectivity index (χ2v) is 5.81. The maximum Gasteiger partial charge on any atom is 0.234 e. The predicted octanol–water partition coefficient (Wildman–Crippen LogP) is 0.884. The zero-order chi connectivity index (χ0) is 11.1. The van der Waals surface area contributed by atoms with Crippen LogP contribution in [0, 0.1) is 0 Å². The monoisotopic (exact) mass is 249 g/mol. The van der Waals surface area contributed by atoms with Crippen molar-refractivity contribution in [2.45, 2.75) is 12.8 Å². The van der Waals surface area contributed by atoms with Crippen molar-refractivity contribution < 1.29 is 8.42 Å². The van der Waals surface area contributed by atoms with Gasteiger partial charge in [0, 0.05) is 11.6 Å². The Bertz CT molecular complexity index is 361. The third kappa shape index (κ3) is 5.10. The van der Waals surface area contributed by atoms with E-state index in [0.717, 1.165) is 13.0 Å².